The molecule has 1 aromatic carbocycles. The number of rotatable bonds is 5. The maximum Gasteiger partial charge on any atom is 0.293 e. The van der Waals surface area contributed by atoms with Gasteiger partial charge in [-0.05, 0) is 67.4 Å². The lowest BCUT2D eigenvalue weighted by molar-refractivity contribution is -0.122. The van der Waals surface area contributed by atoms with Crippen molar-refractivity contribution in [2.24, 2.45) is 0 Å². The van der Waals surface area contributed by atoms with E-state index in [1.54, 1.807) is 12.4 Å². The Morgan fingerprint density at radius 1 is 1.07 bits per heavy atom. The molecule has 4 rings (SSSR count). The van der Waals surface area contributed by atoms with Gasteiger partial charge in [0.05, 0.1) is 16.8 Å². The normalized spacial score (nSPS) is 15.5. The topological polar surface area (TPSA) is 55.2 Å². The molecule has 1 saturated heterocycles. The number of benzene rings is 1. The zero-order valence-electron chi connectivity index (χ0n) is 16.3. The smallest absolute Gasteiger partial charge is 0.293 e. The van der Waals surface area contributed by atoms with Crippen LogP contribution in [-0.2, 0) is 11.2 Å². The number of thioether (sulfide) groups is 1. The standard InChI is InChI=1S/C23H21N3O2S/c1-16-13-19(17(2)26(16)20-9-6-11-24-15-20)14-21-22(27)25(23(28)29-21)12-10-18-7-4-3-5-8-18/h3-9,11,13-15H,10,12H2,1-2H3/b21-14-. The Hall–Kier alpha value is -3.12. The van der Waals surface area contributed by atoms with Crippen LogP contribution in [0.5, 0.6) is 0 Å². The van der Waals surface area contributed by atoms with Gasteiger partial charge in [0.25, 0.3) is 11.1 Å². The summed E-state index contributed by atoms with van der Waals surface area (Å²) < 4.78 is 2.10. The van der Waals surface area contributed by atoms with Gasteiger partial charge in [0, 0.05) is 24.1 Å². The monoisotopic (exact) mass is 403 g/mol. The second-order valence-corrected chi connectivity index (χ2v) is 7.94. The lowest BCUT2D eigenvalue weighted by Gasteiger charge is -2.12. The van der Waals surface area contributed by atoms with E-state index in [1.165, 1.54) is 4.90 Å². The zero-order valence-corrected chi connectivity index (χ0v) is 17.1. The maximum absolute atomic E-state index is 12.8. The van der Waals surface area contributed by atoms with Gasteiger partial charge in [-0.15, -0.1) is 0 Å². The highest BCUT2D eigenvalue weighted by atomic mass is 32.2. The van der Waals surface area contributed by atoms with Crippen LogP contribution >= 0.6 is 11.8 Å². The van der Waals surface area contributed by atoms with Gasteiger partial charge in [0.15, 0.2) is 0 Å². The Bertz CT molecular complexity index is 1090. The van der Waals surface area contributed by atoms with Crippen molar-refractivity contribution in [2.45, 2.75) is 20.3 Å². The van der Waals surface area contributed by atoms with Crippen LogP contribution in [0.15, 0.2) is 65.8 Å². The number of amides is 2. The van der Waals surface area contributed by atoms with E-state index in [0.29, 0.717) is 17.9 Å². The molecule has 3 heterocycles. The number of hydrogen-bond donors (Lipinski definition) is 0. The maximum atomic E-state index is 12.8. The van der Waals surface area contributed by atoms with Crippen molar-refractivity contribution < 1.29 is 9.59 Å². The summed E-state index contributed by atoms with van der Waals surface area (Å²) in [5, 5.41) is -0.210. The van der Waals surface area contributed by atoms with Gasteiger partial charge in [0.2, 0.25) is 0 Å². The molecule has 5 nitrogen and oxygen atoms in total. The van der Waals surface area contributed by atoms with E-state index in [-0.39, 0.29) is 11.1 Å². The molecule has 29 heavy (non-hydrogen) atoms. The summed E-state index contributed by atoms with van der Waals surface area (Å²) in [7, 11) is 0. The first-order valence-electron chi connectivity index (χ1n) is 9.43. The molecular weight excluding hydrogens is 382 g/mol. The largest absolute Gasteiger partial charge is 0.316 e. The highest BCUT2D eigenvalue weighted by Gasteiger charge is 2.34. The second kappa shape index (κ2) is 8.09. The number of imide groups is 1. The van der Waals surface area contributed by atoms with Gasteiger partial charge in [-0.1, -0.05) is 30.3 Å². The number of aromatic nitrogens is 2. The van der Waals surface area contributed by atoms with Gasteiger partial charge in [-0.2, -0.15) is 0 Å². The highest BCUT2D eigenvalue weighted by Crippen LogP contribution is 2.33. The number of carbonyl (C=O) groups is 2. The summed E-state index contributed by atoms with van der Waals surface area (Å²) in [5.41, 5.74) is 5.06. The minimum absolute atomic E-state index is 0.210. The Morgan fingerprint density at radius 3 is 2.59 bits per heavy atom. The van der Waals surface area contributed by atoms with E-state index in [4.69, 9.17) is 0 Å². The SMILES string of the molecule is Cc1cc(/C=C2\SC(=O)N(CCc3ccccc3)C2=O)c(C)n1-c1cccnc1. The third-order valence-corrected chi connectivity index (χ3v) is 5.91. The van der Waals surface area contributed by atoms with Crippen molar-refractivity contribution in [3.63, 3.8) is 0 Å². The lowest BCUT2D eigenvalue weighted by Crippen LogP contribution is -2.30. The van der Waals surface area contributed by atoms with Crippen LogP contribution in [0.3, 0.4) is 0 Å². The van der Waals surface area contributed by atoms with Crippen LogP contribution in [0.25, 0.3) is 11.8 Å². The van der Waals surface area contributed by atoms with E-state index >= 15 is 0 Å². The number of pyridine rings is 1. The molecular formula is C23H21N3O2S. The molecule has 1 aliphatic heterocycles. The summed E-state index contributed by atoms with van der Waals surface area (Å²) in [6.07, 6.45) is 6.02. The molecule has 0 radical (unpaired) electrons. The van der Waals surface area contributed by atoms with E-state index in [9.17, 15) is 9.59 Å². The summed E-state index contributed by atoms with van der Waals surface area (Å²) in [5.74, 6) is -0.220. The minimum atomic E-state index is -0.220. The Balaban J connectivity index is 1.56. The molecule has 0 N–H and O–H groups in total. The number of hydrogen-bond acceptors (Lipinski definition) is 4. The van der Waals surface area contributed by atoms with Crippen molar-refractivity contribution in [1.82, 2.24) is 14.5 Å². The molecule has 0 saturated carbocycles. The van der Waals surface area contributed by atoms with Crippen molar-refractivity contribution in [1.29, 1.82) is 0 Å². The Morgan fingerprint density at radius 2 is 1.86 bits per heavy atom. The molecule has 0 aliphatic carbocycles. The molecule has 0 spiro atoms. The third-order valence-electron chi connectivity index (χ3n) is 5.00. The fraction of sp³-hybridized carbons (Fsp3) is 0.174. The molecule has 0 atom stereocenters. The molecule has 1 aliphatic rings. The first-order valence-corrected chi connectivity index (χ1v) is 10.2. The first-order chi connectivity index (χ1) is 14.0. The average molecular weight is 404 g/mol. The van der Waals surface area contributed by atoms with Gasteiger partial charge in [-0.25, -0.2) is 0 Å². The van der Waals surface area contributed by atoms with Crippen LogP contribution in [0, 0.1) is 13.8 Å². The van der Waals surface area contributed by atoms with E-state index in [0.717, 1.165) is 40.0 Å². The molecule has 0 unspecified atom stereocenters. The van der Waals surface area contributed by atoms with Gasteiger partial charge < -0.3 is 4.57 Å². The van der Waals surface area contributed by atoms with Crippen molar-refractivity contribution in [2.75, 3.05) is 6.54 Å². The van der Waals surface area contributed by atoms with Crippen LogP contribution in [-0.4, -0.2) is 32.1 Å². The summed E-state index contributed by atoms with van der Waals surface area (Å²) in [4.78, 5) is 31.2. The quantitative estimate of drug-likeness (QED) is 0.576. The minimum Gasteiger partial charge on any atom is -0.316 e. The van der Waals surface area contributed by atoms with Crippen LogP contribution in [0.1, 0.15) is 22.5 Å². The predicted octanol–water partition coefficient (Wildman–Crippen LogP) is 4.77. The fourth-order valence-corrected chi connectivity index (χ4v) is 4.39. The third kappa shape index (κ3) is 3.89. The fourth-order valence-electron chi connectivity index (χ4n) is 3.54. The molecule has 1 fully saturated rings. The van der Waals surface area contributed by atoms with Crippen LogP contribution < -0.4 is 0 Å². The van der Waals surface area contributed by atoms with Gasteiger partial charge in [-0.3, -0.25) is 19.5 Å². The highest BCUT2D eigenvalue weighted by molar-refractivity contribution is 8.18. The number of aryl methyl sites for hydroxylation is 1. The van der Waals surface area contributed by atoms with Crippen molar-refractivity contribution in [3.05, 3.63) is 88.3 Å². The van der Waals surface area contributed by atoms with Crippen LogP contribution in [0.4, 0.5) is 4.79 Å². The van der Waals surface area contributed by atoms with E-state index < -0.39 is 0 Å². The van der Waals surface area contributed by atoms with Crippen molar-refractivity contribution in [3.8, 4) is 5.69 Å². The Kier molecular flexibility index (Phi) is 5.36. The molecule has 0 bridgehead atoms. The lowest BCUT2D eigenvalue weighted by atomic mass is 10.1. The summed E-state index contributed by atoms with van der Waals surface area (Å²) >= 11 is 1.01. The van der Waals surface area contributed by atoms with Crippen molar-refractivity contribution >= 4 is 29.0 Å². The van der Waals surface area contributed by atoms with E-state index in [1.807, 2.05) is 68.5 Å². The van der Waals surface area contributed by atoms with E-state index in [2.05, 4.69) is 9.55 Å². The zero-order chi connectivity index (χ0) is 20.4. The van der Waals surface area contributed by atoms with Gasteiger partial charge in [0.1, 0.15) is 0 Å². The van der Waals surface area contributed by atoms with Crippen LogP contribution in [0.2, 0.25) is 0 Å². The average Bonchev–Trinajstić information content (AvgIpc) is 3.16. The molecule has 146 valence electrons. The summed E-state index contributed by atoms with van der Waals surface area (Å²) in [6, 6.07) is 15.8. The summed E-state index contributed by atoms with van der Waals surface area (Å²) in [6.45, 7) is 4.41. The second-order valence-electron chi connectivity index (χ2n) is 6.94. The Labute approximate surface area is 174 Å². The van der Waals surface area contributed by atoms with Gasteiger partial charge >= 0.3 is 0 Å². The molecule has 2 amide bonds. The first kappa shape index (κ1) is 19.2. The molecule has 2 aromatic heterocycles. The predicted molar refractivity (Wildman–Crippen MR) is 116 cm³/mol. The molecule has 3 aromatic rings. The number of nitrogens with zero attached hydrogens (tertiary/aromatic N) is 3. The molecule has 6 heteroatoms. The number of carbonyl (C=O) groups excluding carboxylic acids is 2.